The van der Waals surface area contributed by atoms with Gasteiger partial charge in [-0.05, 0) is 41.5 Å². The average Bonchev–Trinajstić information content (AvgIpc) is 2.74. The summed E-state index contributed by atoms with van der Waals surface area (Å²) in [6, 6.07) is 21.3. The van der Waals surface area contributed by atoms with Crippen LogP contribution in [0.5, 0.6) is 11.5 Å². The number of ether oxygens (including phenoxy) is 1. The summed E-state index contributed by atoms with van der Waals surface area (Å²) in [4.78, 5) is 4.88. The molecule has 0 amide bonds. The minimum atomic E-state index is -0.347. The van der Waals surface area contributed by atoms with Gasteiger partial charge in [-0.25, -0.2) is 4.39 Å². The van der Waals surface area contributed by atoms with Crippen molar-refractivity contribution in [3.05, 3.63) is 95.3 Å². The van der Waals surface area contributed by atoms with Crippen LogP contribution in [0.2, 0.25) is 0 Å². The number of para-hydroxylation sites is 1. The van der Waals surface area contributed by atoms with Crippen LogP contribution in [0.25, 0.3) is 0 Å². The number of hydrogen-bond acceptors (Lipinski definition) is 4. The van der Waals surface area contributed by atoms with Gasteiger partial charge in [-0.1, -0.05) is 42.5 Å². The molecule has 142 valence electrons. The standard InChI is InChI=1S/C23H21FN2O2/c1-28-18-6-4-5-16(13-18)20-14-21(19-7-2-3-8-22(19)27)26-23(25-20)15-9-11-17(24)12-10-15/h2-13,21,23,26-27H,14H2,1H3/t21-,23-/m1/s1. The Hall–Kier alpha value is -3.18. The third kappa shape index (κ3) is 3.75. The second-order valence-corrected chi connectivity index (χ2v) is 6.74. The third-order valence-corrected chi connectivity index (χ3v) is 4.94. The lowest BCUT2D eigenvalue weighted by molar-refractivity contribution is 0.410. The van der Waals surface area contributed by atoms with E-state index >= 15 is 0 Å². The zero-order valence-electron chi connectivity index (χ0n) is 15.5. The van der Waals surface area contributed by atoms with E-state index in [4.69, 9.17) is 9.73 Å². The van der Waals surface area contributed by atoms with E-state index in [0.717, 1.165) is 28.2 Å². The molecule has 0 spiro atoms. The van der Waals surface area contributed by atoms with Gasteiger partial charge in [0, 0.05) is 23.7 Å². The molecule has 1 aliphatic rings. The molecule has 0 aliphatic carbocycles. The second-order valence-electron chi connectivity index (χ2n) is 6.74. The number of benzene rings is 3. The molecule has 3 aromatic carbocycles. The molecule has 1 aliphatic heterocycles. The van der Waals surface area contributed by atoms with Crippen molar-refractivity contribution in [2.75, 3.05) is 7.11 Å². The van der Waals surface area contributed by atoms with Crippen molar-refractivity contribution in [1.82, 2.24) is 5.32 Å². The fourth-order valence-electron chi connectivity index (χ4n) is 3.48. The Morgan fingerprint density at radius 1 is 1.04 bits per heavy atom. The van der Waals surface area contributed by atoms with Gasteiger partial charge in [-0.15, -0.1) is 0 Å². The summed E-state index contributed by atoms with van der Waals surface area (Å²) in [5, 5.41) is 13.8. The highest BCUT2D eigenvalue weighted by Crippen LogP contribution is 2.34. The molecule has 2 N–H and O–H groups in total. The number of nitrogens with one attached hydrogen (secondary N) is 1. The number of phenols is 1. The first-order valence-corrected chi connectivity index (χ1v) is 9.14. The van der Waals surface area contributed by atoms with Crippen LogP contribution < -0.4 is 10.1 Å². The Labute approximate surface area is 163 Å². The molecule has 28 heavy (non-hydrogen) atoms. The van der Waals surface area contributed by atoms with E-state index in [2.05, 4.69) is 5.32 Å². The number of hydrogen-bond donors (Lipinski definition) is 2. The number of rotatable bonds is 4. The molecule has 4 rings (SSSR count). The van der Waals surface area contributed by atoms with Crippen LogP contribution in [0, 0.1) is 5.82 Å². The van der Waals surface area contributed by atoms with Gasteiger partial charge in [0.15, 0.2) is 0 Å². The fraction of sp³-hybridized carbons (Fsp3) is 0.174. The summed E-state index contributed by atoms with van der Waals surface area (Å²) in [5.41, 5.74) is 3.54. The van der Waals surface area contributed by atoms with Gasteiger partial charge in [0.1, 0.15) is 23.5 Å². The Balaban J connectivity index is 1.76. The van der Waals surface area contributed by atoms with E-state index in [-0.39, 0.29) is 23.8 Å². The zero-order valence-corrected chi connectivity index (χ0v) is 15.5. The topological polar surface area (TPSA) is 53.8 Å². The monoisotopic (exact) mass is 376 g/mol. The number of aromatic hydroxyl groups is 1. The number of methoxy groups -OCH3 is 1. The average molecular weight is 376 g/mol. The minimum Gasteiger partial charge on any atom is -0.508 e. The molecular weight excluding hydrogens is 355 g/mol. The first kappa shape index (κ1) is 18.2. The maximum absolute atomic E-state index is 13.4. The normalized spacial score (nSPS) is 19.1. The van der Waals surface area contributed by atoms with E-state index in [1.54, 1.807) is 31.4 Å². The predicted octanol–water partition coefficient (Wildman–Crippen LogP) is 4.76. The molecule has 0 saturated carbocycles. The maximum atomic E-state index is 13.4. The lowest BCUT2D eigenvalue weighted by atomic mass is 9.93. The van der Waals surface area contributed by atoms with Crippen molar-refractivity contribution in [1.29, 1.82) is 0 Å². The van der Waals surface area contributed by atoms with Gasteiger partial charge in [0.25, 0.3) is 0 Å². The lowest BCUT2D eigenvalue weighted by Gasteiger charge is -2.31. The summed E-state index contributed by atoms with van der Waals surface area (Å²) in [6.45, 7) is 0. The summed E-state index contributed by atoms with van der Waals surface area (Å²) >= 11 is 0. The SMILES string of the molecule is COc1cccc(C2=N[C@@H](c3ccc(F)cc3)N[C@@H](c3ccccc3O)C2)c1. The van der Waals surface area contributed by atoms with Crippen molar-refractivity contribution < 1.29 is 14.2 Å². The predicted molar refractivity (Wildman–Crippen MR) is 107 cm³/mol. The number of nitrogens with zero attached hydrogens (tertiary/aromatic N) is 1. The van der Waals surface area contributed by atoms with E-state index in [0.29, 0.717) is 6.42 Å². The molecule has 4 nitrogen and oxygen atoms in total. The fourth-order valence-corrected chi connectivity index (χ4v) is 3.48. The van der Waals surface area contributed by atoms with Crippen molar-refractivity contribution in [3.63, 3.8) is 0 Å². The Morgan fingerprint density at radius 3 is 2.57 bits per heavy atom. The van der Waals surface area contributed by atoms with Crippen molar-refractivity contribution in [2.24, 2.45) is 4.99 Å². The van der Waals surface area contributed by atoms with Crippen LogP contribution in [0.4, 0.5) is 4.39 Å². The van der Waals surface area contributed by atoms with Crippen LogP contribution in [0.3, 0.4) is 0 Å². The van der Waals surface area contributed by atoms with Gasteiger partial charge < -0.3 is 9.84 Å². The van der Waals surface area contributed by atoms with Gasteiger partial charge >= 0.3 is 0 Å². The van der Waals surface area contributed by atoms with Crippen LogP contribution in [0.1, 0.15) is 35.3 Å². The van der Waals surface area contributed by atoms with Crippen molar-refractivity contribution in [3.8, 4) is 11.5 Å². The highest BCUT2D eigenvalue weighted by atomic mass is 19.1. The molecule has 5 heteroatoms. The third-order valence-electron chi connectivity index (χ3n) is 4.94. The Morgan fingerprint density at radius 2 is 1.82 bits per heavy atom. The molecular formula is C23H21FN2O2. The minimum absolute atomic E-state index is 0.130. The largest absolute Gasteiger partial charge is 0.508 e. The Kier molecular flexibility index (Phi) is 5.08. The first-order chi connectivity index (χ1) is 13.6. The first-order valence-electron chi connectivity index (χ1n) is 9.14. The van der Waals surface area contributed by atoms with E-state index in [9.17, 15) is 9.50 Å². The van der Waals surface area contributed by atoms with Crippen LogP contribution in [-0.2, 0) is 0 Å². The molecule has 0 saturated heterocycles. The van der Waals surface area contributed by atoms with Gasteiger partial charge in [-0.3, -0.25) is 10.3 Å². The molecule has 2 atom stereocenters. The number of aliphatic imine (C=N–C) groups is 1. The van der Waals surface area contributed by atoms with E-state index in [1.807, 2.05) is 36.4 Å². The van der Waals surface area contributed by atoms with E-state index in [1.165, 1.54) is 12.1 Å². The maximum Gasteiger partial charge on any atom is 0.126 e. The molecule has 1 heterocycles. The molecule has 0 bridgehead atoms. The van der Waals surface area contributed by atoms with Gasteiger partial charge in [-0.2, -0.15) is 0 Å². The lowest BCUT2D eigenvalue weighted by Crippen LogP contribution is -2.33. The van der Waals surface area contributed by atoms with Gasteiger partial charge in [0.2, 0.25) is 0 Å². The molecule has 0 fully saturated rings. The summed E-state index contributed by atoms with van der Waals surface area (Å²) < 4.78 is 18.7. The number of phenolic OH excluding ortho intramolecular Hbond substituents is 1. The molecule has 3 aromatic rings. The summed E-state index contributed by atoms with van der Waals surface area (Å²) in [7, 11) is 1.63. The Bertz CT molecular complexity index is 1000. The molecule has 0 aromatic heterocycles. The van der Waals surface area contributed by atoms with Crippen molar-refractivity contribution in [2.45, 2.75) is 18.6 Å². The van der Waals surface area contributed by atoms with Gasteiger partial charge in [0.05, 0.1) is 7.11 Å². The van der Waals surface area contributed by atoms with Crippen molar-refractivity contribution >= 4 is 5.71 Å². The second kappa shape index (κ2) is 7.82. The highest BCUT2D eigenvalue weighted by Gasteiger charge is 2.27. The van der Waals surface area contributed by atoms with Crippen LogP contribution in [-0.4, -0.2) is 17.9 Å². The smallest absolute Gasteiger partial charge is 0.126 e. The molecule has 0 unspecified atom stereocenters. The van der Waals surface area contributed by atoms with Crippen LogP contribution >= 0.6 is 0 Å². The molecule has 0 radical (unpaired) electrons. The van der Waals surface area contributed by atoms with Crippen LogP contribution in [0.15, 0.2) is 77.8 Å². The zero-order chi connectivity index (χ0) is 19.5. The highest BCUT2D eigenvalue weighted by molar-refractivity contribution is 6.02. The van der Waals surface area contributed by atoms with E-state index < -0.39 is 0 Å². The number of halogens is 1. The summed E-state index contributed by atoms with van der Waals surface area (Å²) in [6.07, 6.45) is 0.266. The summed E-state index contributed by atoms with van der Waals surface area (Å²) in [5.74, 6) is 0.717. The quantitative estimate of drug-likeness (QED) is 0.690.